The molecule has 5 nitrogen and oxygen atoms in total. The fourth-order valence-electron chi connectivity index (χ4n) is 7.25. The zero-order valence-electron chi connectivity index (χ0n) is 43.2. The lowest BCUT2D eigenvalue weighted by Gasteiger charge is -2.18. The number of carbonyl (C=O) groups excluding carboxylic acids is 2. The van der Waals surface area contributed by atoms with Crippen LogP contribution in [0.3, 0.4) is 0 Å². The SMILES string of the molecule is CC/C=C\C/C=C\C/C=C\C/C=C\CCCCCCCCC(=O)OCC(COCCCCCCCC/C=C\CCCCCCCC)OC(=O)CCCC/C=C\C/C=C\C/C=C\C/C=C\CC. The summed E-state index contributed by atoms with van der Waals surface area (Å²) in [4.78, 5) is 25.5. The molecule has 0 spiro atoms. The zero-order chi connectivity index (χ0) is 47.7. The third kappa shape index (κ3) is 53.2. The van der Waals surface area contributed by atoms with Crippen molar-refractivity contribution in [1.82, 2.24) is 0 Å². The van der Waals surface area contributed by atoms with Crippen molar-refractivity contribution in [2.45, 2.75) is 245 Å². The molecule has 1 atom stereocenters. The van der Waals surface area contributed by atoms with Crippen LogP contribution >= 0.6 is 0 Å². The second-order valence-corrected chi connectivity index (χ2v) is 17.7. The van der Waals surface area contributed by atoms with E-state index in [0.29, 0.717) is 19.4 Å². The van der Waals surface area contributed by atoms with Crippen LogP contribution in [0.4, 0.5) is 0 Å². The van der Waals surface area contributed by atoms with Gasteiger partial charge in [0.2, 0.25) is 0 Å². The summed E-state index contributed by atoms with van der Waals surface area (Å²) in [5.41, 5.74) is 0. The predicted molar refractivity (Wildman–Crippen MR) is 288 cm³/mol. The van der Waals surface area contributed by atoms with Gasteiger partial charge < -0.3 is 14.2 Å². The molecular weight excluding hydrogens is 813 g/mol. The molecule has 0 heterocycles. The number of hydrogen-bond acceptors (Lipinski definition) is 5. The van der Waals surface area contributed by atoms with Crippen molar-refractivity contribution in [1.29, 1.82) is 0 Å². The maximum absolute atomic E-state index is 12.8. The summed E-state index contributed by atoms with van der Waals surface area (Å²) in [6.07, 6.45) is 76.8. The number of hydrogen-bond donors (Lipinski definition) is 0. The van der Waals surface area contributed by atoms with Crippen LogP contribution in [0.2, 0.25) is 0 Å². The van der Waals surface area contributed by atoms with E-state index in [-0.39, 0.29) is 25.2 Å². The minimum Gasteiger partial charge on any atom is -0.462 e. The molecule has 0 aromatic rings. The van der Waals surface area contributed by atoms with E-state index in [1.807, 2.05) is 0 Å². The standard InChI is InChI=1S/C61H102O5/c1-4-7-10-13-16-19-22-25-28-30-31-32-34-36-39-42-45-48-51-54-60(62)65-58-59(57-64-56-53-50-47-44-41-38-35-29-26-23-20-17-14-11-8-5-2)66-61(63)55-52-49-46-43-40-37-33-27-24-21-18-15-12-9-6-3/h7,9-10,12,16,18-19,21,25-29,31-33,40,43,59H,4-6,8,11,13-15,17,20,22-24,30,34-39,41-42,44-58H2,1-3H3/b10-7-,12-9-,19-16-,21-18-,28-25-,29-26-,32-31-,33-27-,43-40-. The molecule has 0 N–H and O–H groups in total. The summed E-state index contributed by atoms with van der Waals surface area (Å²) < 4.78 is 17.4. The Labute approximate surface area is 408 Å². The Morgan fingerprint density at radius 2 is 0.682 bits per heavy atom. The van der Waals surface area contributed by atoms with Crippen LogP contribution in [0.1, 0.15) is 239 Å². The van der Waals surface area contributed by atoms with Crippen LogP contribution in [-0.4, -0.2) is 37.9 Å². The van der Waals surface area contributed by atoms with E-state index in [1.165, 1.54) is 96.3 Å². The Kier molecular flexibility index (Phi) is 53.0. The van der Waals surface area contributed by atoms with Crippen molar-refractivity contribution in [2.24, 2.45) is 0 Å². The second-order valence-electron chi connectivity index (χ2n) is 17.7. The van der Waals surface area contributed by atoms with Gasteiger partial charge in [-0.3, -0.25) is 9.59 Å². The predicted octanol–water partition coefficient (Wildman–Crippen LogP) is 18.8. The van der Waals surface area contributed by atoms with Crippen molar-refractivity contribution >= 4 is 11.9 Å². The Morgan fingerprint density at radius 3 is 1.14 bits per heavy atom. The van der Waals surface area contributed by atoms with Crippen LogP contribution in [-0.2, 0) is 23.8 Å². The fraction of sp³-hybridized carbons (Fsp3) is 0.672. The van der Waals surface area contributed by atoms with E-state index in [0.717, 1.165) is 109 Å². The van der Waals surface area contributed by atoms with Gasteiger partial charge in [0.15, 0.2) is 6.10 Å². The van der Waals surface area contributed by atoms with E-state index in [4.69, 9.17) is 14.2 Å². The summed E-state index contributed by atoms with van der Waals surface area (Å²) in [6, 6.07) is 0. The molecule has 376 valence electrons. The largest absolute Gasteiger partial charge is 0.462 e. The first-order valence-electron chi connectivity index (χ1n) is 27.4. The molecule has 0 aromatic carbocycles. The molecule has 0 rings (SSSR count). The minimum atomic E-state index is -0.574. The fourth-order valence-corrected chi connectivity index (χ4v) is 7.25. The molecule has 0 aliphatic rings. The molecule has 0 amide bonds. The van der Waals surface area contributed by atoms with Gasteiger partial charge in [-0.25, -0.2) is 0 Å². The van der Waals surface area contributed by atoms with Gasteiger partial charge in [0.1, 0.15) is 6.61 Å². The molecule has 0 saturated carbocycles. The Balaban J connectivity index is 4.38. The van der Waals surface area contributed by atoms with E-state index in [2.05, 4.69) is 130 Å². The highest BCUT2D eigenvalue weighted by Crippen LogP contribution is 2.13. The van der Waals surface area contributed by atoms with Crippen LogP contribution in [0, 0.1) is 0 Å². The molecule has 0 radical (unpaired) electrons. The Hall–Kier alpha value is -3.44. The molecule has 0 fully saturated rings. The second kappa shape index (κ2) is 55.9. The summed E-state index contributed by atoms with van der Waals surface area (Å²) in [6.45, 7) is 7.52. The van der Waals surface area contributed by atoms with Crippen LogP contribution in [0.25, 0.3) is 0 Å². The van der Waals surface area contributed by atoms with Gasteiger partial charge in [0.25, 0.3) is 0 Å². The van der Waals surface area contributed by atoms with Crippen LogP contribution < -0.4 is 0 Å². The highest BCUT2D eigenvalue weighted by molar-refractivity contribution is 5.70. The van der Waals surface area contributed by atoms with E-state index < -0.39 is 6.10 Å². The van der Waals surface area contributed by atoms with E-state index in [9.17, 15) is 9.59 Å². The first-order chi connectivity index (χ1) is 32.6. The van der Waals surface area contributed by atoms with Crippen molar-refractivity contribution in [3.8, 4) is 0 Å². The summed E-state index contributed by atoms with van der Waals surface area (Å²) in [7, 11) is 0. The van der Waals surface area contributed by atoms with E-state index in [1.54, 1.807) is 0 Å². The van der Waals surface area contributed by atoms with Gasteiger partial charge in [-0.15, -0.1) is 0 Å². The molecule has 66 heavy (non-hydrogen) atoms. The summed E-state index contributed by atoms with van der Waals surface area (Å²) >= 11 is 0. The molecule has 0 aliphatic carbocycles. The normalized spacial score (nSPS) is 13.1. The van der Waals surface area contributed by atoms with Gasteiger partial charge >= 0.3 is 11.9 Å². The number of rotatable bonds is 49. The zero-order valence-corrected chi connectivity index (χ0v) is 43.2. The lowest BCUT2D eigenvalue weighted by Crippen LogP contribution is -2.30. The highest BCUT2D eigenvalue weighted by atomic mass is 16.6. The third-order valence-electron chi connectivity index (χ3n) is 11.3. The van der Waals surface area contributed by atoms with Crippen molar-refractivity contribution < 1.29 is 23.8 Å². The van der Waals surface area contributed by atoms with Crippen LogP contribution in [0.5, 0.6) is 0 Å². The van der Waals surface area contributed by atoms with Gasteiger partial charge in [-0.2, -0.15) is 0 Å². The number of ether oxygens (including phenoxy) is 3. The Bertz CT molecular complexity index is 1310. The lowest BCUT2D eigenvalue weighted by atomic mass is 10.1. The maximum Gasteiger partial charge on any atom is 0.306 e. The molecule has 0 aliphatic heterocycles. The Morgan fingerprint density at radius 1 is 0.348 bits per heavy atom. The smallest absolute Gasteiger partial charge is 0.306 e. The summed E-state index contributed by atoms with van der Waals surface area (Å²) in [5.74, 6) is -0.467. The maximum atomic E-state index is 12.8. The number of unbranched alkanes of at least 4 members (excludes halogenated alkanes) is 20. The minimum absolute atomic E-state index is 0.0528. The number of carbonyl (C=O) groups is 2. The molecule has 0 aromatic heterocycles. The van der Waals surface area contributed by atoms with Crippen molar-refractivity contribution in [3.63, 3.8) is 0 Å². The topological polar surface area (TPSA) is 61.8 Å². The molecular formula is C61H102O5. The molecule has 0 bridgehead atoms. The number of esters is 2. The summed E-state index contributed by atoms with van der Waals surface area (Å²) in [5, 5.41) is 0. The lowest BCUT2D eigenvalue weighted by molar-refractivity contribution is -0.163. The number of allylic oxidation sites excluding steroid dienone is 18. The first-order valence-corrected chi connectivity index (χ1v) is 27.4. The van der Waals surface area contributed by atoms with Gasteiger partial charge in [-0.1, -0.05) is 214 Å². The van der Waals surface area contributed by atoms with Gasteiger partial charge in [0.05, 0.1) is 6.61 Å². The van der Waals surface area contributed by atoms with Gasteiger partial charge in [0, 0.05) is 19.4 Å². The highest BCUT2D eigenvalue weighted by Gasteiger charge is 2.17. The van der Waals surface area contributed by atoms with Gasteiger partial charge in [-0.05, 0) is 122 Å². The van der Waals surface area contributed by atoms with Crippen molar-refractivity contribution in [2.75, 3.05) is 19.8 Å². The van der Waals surface area contributed by atoms with E-state index >= 15 is 0 Å². The molecule has 1 unspecified atom stereocenters. The molecule has 0 saturated heterocycles. The van der Waals surface area contributed by atoms with Crippen LogP contribution in [0.15, 0.2) is 109 Å². The first kappa shape index (κ1) is 62.6. The quantitative estimate of drug-likeness (QED) is 0.0346. The average molecular weight is 915 g/mol. The monoisotopic (exact) mass is 915 g/mol. The average Bonchev–Trinajstić information content (AvgIpc) is 3.32. The van der Waals surface area contributed by atoms with Crippen molar-refractivity contribution in [3.05, 3.63) is 109 Å². The third-order valence-corrected chi connectivity index (χ3v) is 11.3. The molecule has 5 heteroatoms.